The number of hydrogen-bond acceptors (Lipinski definition) is 7. The lowest BCUT2D eigenvalue weighted by Crippen LogP contribution is -2.15. The molecule has 1 aliphatic rings. The van der Waals surface area contributed by atoms with Gasteiger partial charge in [-0.05, 0) is 60.9 Å². The third-order valence-corrected chi connectivity index (χ3v) is 6.09. The number of ether oxygens (including phenoxy) is 1. The summed E-state index contributed by atoms with van der Waals surface area (Å²) in [7, 11) is 1.60. The largest absolute Gasteiger partial charge is 0.497 e. The van der Waals surface area contributed by atoms with Gasteiger partial charge < -0.3 is 9.26 Å². The van der Waals surface area contributed by atoms with Crippen LogP contribution in [0, 0.1) is 5.82 Å². The van der Waals surface area contributed by atoms with Crippen molar-refractivity contribution in [3.63, 3.8) is 0 Å². The van der Waals surface area contributed by atoms with E-state index in [0.717, 1.165) is 29.7 Å². The van der Waals surface area contributed by atoms with Crippen LogP contribution in [0.15, 0.2) is 65.4 Å². The van der Waals surface area contributed by atoms with Gasteiger partial charge in [-0.1, -0.05) is 17.3 Å². The van der Waals surface area contributed by atoms with Crippen LogP contribution >= 0.6 is 0 Å². The molecule has 180 valence electrons. The summed E-state index contributed by atoms with van der Waals surface area (Å²) in [5, 5.41) is 11.9. The number of pyridine rings is 1. The molecule has 0 aliphatic heterocycles. The summed E-state index contributed by atoms with van der Waals surface area (Å²) in [5.41, 5.74) is 3.65. The molecule has 1 amide bonds. The van der Waals surface area contributed by atoms with Crippen molar-refractivity contribution in [1.29, 1.82) is 0 Å². The minimum Gasteiger partial charge on any atom is -0.497 e. The number of nitrogens with one attached hydrogen (secondary N) is 1. The topological polar surface area (TPSA) is 108 Å². The van der Waals surface area contributed by atoms with Crippen LogP contribution in [0.1, 0.15) is 40.4 Å². The molecular formula is C26H21FN6O3. The number of halogens is 1. The third-order valence-electron chi connectivity index (χ3n) is 6.09. The molecule has 1 fully saturated rings. The highest BCUT2D eigenvalue weighted by Gasteiger charge is 2.29. The highest BCUT2D eigenvalue weighted by molar-refractivity contribution is 6.14. The zero-order valence-electron chi connectivity index (χ0n) is 19.3. The number of rotatable bonds is 7. The number of fused-ring (bicyclic) bond motifs is 1. The first-order chi connectivity index (χ1) is 17.6. The van der Waals surface area contributed by atoms with Crippen LogP contribution in [0.5, 0.6) is 5.75 Å². The zero-order chi connectivity index (χ0) is 24.6. The van der Waals surface area contributed by atoms with Crippen LogP contribution in [-0.2, 0) is 6.54 Å². The molecule has 6 rings (SSSR count). The Labute approximate surface area is 204 Å². The second kappa shape index (κ2) is 8.88. The standard InChI is InChI=1S/C26H21FN6O3/c1-35-19-10-6-17(7-11-19)23-22-20(12-21(16-4-5-16)29-25(22)36-32-23)24(34)30-26-28-14-33(31-26)13-15-2-8-18(27)9-3-15/h2-3,6-12,14,16H,4-5,13H2,1H3,(H,30,31,34). The van der Waals surface area contributed by atoms with Crippen LogP contribution in [0.4, 0.5) is 10.3 Å². The molecule has 9 nitrogen and oxygen atoms in total. The number of nitrogens with zero attached hydrogens (tertiary/aromatic N) is 5. The maximum absolute atomic E-state index is 13.5. The Morgan fingerprint density at radius 2 is 1.94 bits per heavy atom. The van der Waals surface area contributed by atoms with E-state index >= 15 is 0 Å². The van der Waals surface area contributed by atoms with E-state index in [1.807, 2.05) is 24.3 Å². The molecule has 3 aromatic heterocycles. The lowest BCUT2D eigenvalue weighted by molar-refractivity contribution is 0.102. The number of carbonyl (C=O) groups is 1. The highest BCUT2D eigenvalue weighted by Crippen LogP contribution is 2.41. The van der Waals surface area contributed by atoms with Crippen molar-refractivity contribution in [3.05, 3.63) is 83.6 Å². The predicted octanol–water partition coefficient (Wildman–Crippen LogP) is 4.81. The van der Waals surface area contributed by atoms with Gasteiger partial charge in [0.15, 0.2) is 0 Å². The fraction of sp³-hybridized carbons (Fsp3) is 0.192. The van der Waals surface area contributed by atoms with Gasteiger partial charge >= 0.3 is 0 Å². The van der Waals surface area contributed by atoms with Gasteiger partial charge in [0.25, 0.3) is 11.6 Å². The molecule has 5 aromatic rings. The van der Waals surface area contributed by atoms with E-state index in [1.54, 1.807) is 30.0 Å². The Bertz CT molecular complexity index is 1560. The molecule has 10 heteroatoms. The number of carbonyl (C=O) groups excluding carboxylic acids is 1. The highest BCUT2D eigenvalue weighted by atomic mass is 19.1. The smallest absolute Gasteiger partial charge is 0.259 e. The molecule has 0 atom stereocenters. The van der Waals surface area contributed by atoms with Crippen molar-refractivity contribution in [2.75, 3.05) is 12.4 Å². The number of hydrogen-bond donors (Lipinski definition) is 1. The summed E-state index contributed by atoms with van der Waals surface area (Å²) in [4.78, 5) is 22.3. The Morgan fingerprint density at radius 3 is 2.67 bits per heavy atom. The third kappa shape index (κ3) is 4.28. The molecule has 2 aromatic carbocycles. The second-order valence-electron chi connectivity index (χ2n) is 8.66. The van der Waals surface area contributed by atoms with Crippen LogP contribution in [0.3, 0.4) is 0 Å². The maximum Gasteiger partial charge on any atom is 0.259 e. The first kappa shape index (κ1) is 21.9. The van der Waals surface area contributed by atoms with Crippen molar-refractivity contribution < 1.29 is 18.4 Å². The van der Waals surface area contributed by atoms with Crippen molar-refractivity contribution in [2.45, 2.75) is 25.3 Å². The van der Waals surface area contributed by atoms with Crippen molar-refractivity contribution >= 4 is 23.0 Å². The second-order valence-corrected chi connectivity index (χ2v) is 8.66. The van der Waals surface area contributed by atoms with Crippen LogP contribution < -0.4 is 10.1 Å². The zero-order valence-corrected chi connectivity index (χ0v) is 19.3. The van der Waals surface area contributed by atoms with E-state index in [-0.39, 0.29) is 17.7 Å². The van der Waals surface area contributed by atoms with Crippen LogP contribution in [-0.4, -0.2) is 37.9 Å². The number of methoxy groups -OCH3 is 1. The van der Waals surface area contributed by atoms with Gasteiger partial charge in [0.05, 0.1) is 24.6 Å². The molecule has 0 bridgehead atoms. The summed E-state index contributed by atoms with van der Waals surface area (Å²) >= 11 is 0. The van der Waals surface area contributed by atoms with Gasteiger partial charge in [-0.3, -0.25) is 10.1 Å². The predicted molar refractivity (Wildman–Crippen MR) is 129 cm³/mol. The minimum atomic E-state index is -0.387. The molecule has 3 heterocycles. The lowest BCUT2D eigenvalue weighted by atomic mass is 10.0. The van der Waals surface area contributed by atoms with E-state index in [1.165, 1.54) is 18.5 Å². The molecular weight excluding hydrogens is 463 g/mol. The van der Waals surface area contributed by atoms with Crippen molar-refractivity contribution in [3.8, 4) is 17.0 Å². The van der Waals surface area contributed by atoms with E-state index in [2.05, 4.69) is 25.5 Å². The molecule has 36 heavy (non-hydrogen) atoms. The Balaban J connectivity index is 1.32. The maximum atomic E-state index is 13.5. The van der Waals surface area contributed by atoms with Gasteiger partial charge in [-0.2, -0.15) is 0 Å². The fourth-order valence-corrected chi connectivity index (χ4v) is 4.06. The van der Waals surface area contributed by atoms with Gasteiger partial charge in [0.1, 0.15) is 23.6 Å². The summed E-state index contributed by atoms with van der Waals surface area (Å²) in [6, 6.07) is 15.3. The average Bonchev–Trinajstić information content (AvgIpc) is 3.52. The lowest BCUT2D eigenvalue weighted by Gasteiger charge is -2.07. The van der Waals surface area contributed by atoms with E-state index < -0.39 is 0 Å². The monoisotopic (exact) mass is 484 g/mol. The Morgan fingerprint density at radius 1 is 1.17 bits per heavy atom. The fourth-order valence-electron chi connectivity index (χ4n) is 4.06. The number of benzene rings is 2. The molecule has 0 spiro atoms. The summed E-state index contributed by atoms with van der Waals surface area (Å²) < 4.78 is 25.6. The van der Waals surface area contributed by atoms with Crippen LogP contribution in [0.2, 0.25) is 0 Å². The van der Waals surface area contributed by atoms with Gasteiger partial charge in [-0.15, -0.1) is 5.10 Å². The summed E-state index contributed by atoms with van der Waals surface area (Å²) in [6.45, 7) is 0.391. The Hall–Kier alpha value is -4.60. The first-order valence-electron chi connectivity index (χ1n) is 11.5. The van der Waals surface area contributed by atoms with Gasteiger partial charge in [0.2, 0.25) is 5.95 Å². The number of anilines is 1. The number of aromatic nitrogens is 5. The first-order valence-corrected chi connectivity index (χ1v) is 11.5. The van der Waals surface area contributed by atoms with Crippen LogP contribution in [0.25, 0.3) is 22.4 Å². The van der Waals surface area contributed by atoms with E-state index in [9.17, 15) is 9.18 Å². The van der Waals surface area contributed by atoms with Gasteiger partial charge in [0, 0.05) is 17.2 Å². The summed E-state index contributed by atoms with van der Waals surface area (Å²) in [5.74, 6) is 0.482. The van der Waals surface area contributed by atoms with Gasteiger partial charge in [-0.25, -0.2) is 19.0 Å². The number of amides is 1. The van der Waals surface area contributed by atoms with Crippen molar-refractivity contribution in [1.82, 2.24) is 24.9 Å². The SMILES string of the molecule is COc1ccc(-c2noc3nc(C4CC4)cc(C(=O)Nc4ncn(Cc5ccc(F)cc5)n4)c23)cc1. The van der Waals surface area contributed by atoms with E-state index in [0.29, 0.717) is 40.6 Å². The molecule has 0 saturated heterocycles. The summed E-state index contributed by atoms with van der Waals surface area (Å²) in [6.07, 6.45) is 3.56. The quantitative estimate of drug-likeness (QED) is 0.353. The normalized spacial score (nSPS) is 13.2. The Kier molecular flexibility index (Phi) is 5.40. The minimum absolute atomic E-state index is 0.155. The molecule has 1 N–H and O–H groups in total. The van der Waals surface area contributed by atoms with E-state index in [4.69, 9.17) is 9.26 Å². The molecule has 1 saturated carbocycles. The molecule has 1 aliphatic carbocycles. The molecule has 0 unspecified atom stereocenters. The average molecular weight is 484 g/mol. The molecule has 0 radical (unpaired) electrons. The van der Waals surface area contributed by atoms with Crippen molar-refractivity contribution in [2.24, 2.45) is 0 Å².